The van der Waals surface area contributed by atoms with Gasteiger partial charge in [-0.05, 0) is 42.7 Å². The smallest absolute Gasteiger partial charge is 0.255 e. The summed E-state index contributed by atoms with van der Waals surface area (Å²) in [6.45, 7) is 0.831. The van der Waals surface area contributed by atoms with E-state index in [1.807, 2.05) is 0 Å². The van der Waals surface area contributed by atoms with Crippen LogP contribution >= 0.6 is 11.6 Å². The molecule has 2 amide bonds. The average molecular weight is 451 g/mol. The van der Waals surface area contributed by atoms with E-state index in [-0.39, 0.29) is 53.1 Å². The van der Waals surface area contributed by atoms with Crippen LogP contribution in [0.3, 0.4) is 0 Å². The third kappa shape index (κ3) is 6.08. The minimum Gasteiger partial charge on any atom is -0.493 e. The van der Waals surface area contributed by atoms with E-state index in [0.717, 1.165) is 12.8 Å². The van der Waals surface area contributed by atoms with Gasteiger partial charge in [-0.25, -0.2) is 4.39 Å². The second kappa shape index (κ2) is 10.5. The van der Waals surface area contributed by atoms with Gasteiger partial charge in [-0.15, -0.1) is 0 Å². The summed E-state index contributed by atoms with van der Waals surface area (Å²) in [4.78, 5) is 26.0. The second-order valence-corrected chi connectivity index (χ2v) is 7.60. The number of halogens is 2. The number of methoxy groups -OCH3 is 1. The SMILES string of the molecule is COc1cc(C(=O)N(Cc2cccc(F)c2)CC2CCCO2)cc(Cl)c1OCC(N)=O. The van der Waals surface area contributed by atoms with Crippen LogP contribution in [0.25, 0.3) is 0 Å². The molecular formula is C22H24ClFN2O5. The number of ether oxygens (including phenoxy) is 3. The van der Waals surface area contributed by atoms with Crippen molar-refractivity contribution in [2.24, 2.45) is 5.73 Å². The zero-order valence-corrected chi connectivity index (χ0v) is 17.9. The lowest BCUT2D eigenvalue weighted by Gasteiger charge is -2.26. The third-order valence-corrected chi connectivity index (χ3v) is 5.11. The number of hydrogen-bond donors (Lipinski definition) is 1. The highest BCUT2D eigenvalue weighted by Crippen LogP contribution is 2.37. The molecule has 2 aromatic rings. The topological polar surface area (TPSA) is 91.1 Å². The normalized spacial score (nSPS) is 15.5. The molecular weight excluding hydrogens is 427 g/mol. The maximum atomic E-state index is 13.7. The highest BCUT2D eigenvalue weighted by Gasteiger charge is 2.25. The fraction of sp³-hybridized carbons (Fsp3) is 0.364. The standard InChI is InChI=1S/C22H24ClFN2O5/c1-29-19-10-15(9-18(23)21(19)31-13-20(25)27)22(28)26(12-17-6-3-7-30-17)11-14-4-2-5-16(24)8-14/h2,4-5,8-10,17H,3,6-7,11-13H2,1H3,(H2,25,27). The predicted octanol–water partition coefficient (Wildman–Crippen LogP) is 3.17. The molecule has 9 heteroatoms. The van der Waals surface area contributed by atoms with Gasteiger partial charge in [0.15, 0.2) is 18.1 Å². The quantitative estimate of drug-likeness (QED) is 0.633. The predicted molar refractivity (Wildman–Crippen MR) is 113 cm³/mol. The van der Waals surface area contributed by atoms with Crippen LogP contribution in [0.2, 0.25) is 5.02 Å². The number of primary amides is 1. The zero-order valence-electron chi connectivity index (χ0n) is 17.1. The van der Waals surface area contributed by atoms with Crippen LogP contribution in [0.1, 0.15) is 28.8 Å². The molecule has 3 rings (SSSR count). The highest BCUT2D eigenvalue weighted by molar-refractivity contribution is 6.32. The van der Waals surface area contributed by atoms with Crippen LogP contribution in [-0.2, 0) is 16.1 Å². The number of benzene rings is 2. The first-order valence-corrected chi connectivity index (χ1v) is 10.2. The van der Waals surface area contributed by atoms with Crippen molar-refractivity contribution in [2.75, 3.05) is 26.9 Å². The Kier molecular flexibility index (Phi) is 7.70. The Hall–Kier alpha value is -2.84. The third-order valence-electron chi connectivity index (χ3n) is 4.83. The van der Waals surface area contributed by atoms with E-state index in [2.05, 4.69) is 0 Å². The van der Waals surface area contributed by atoms with Gasteiger partial charge >= 0.3 is 0 Å². The summed E-state index contributed by atoms with van der Waals surface area (Å²) >= 11 is 6.29. The van der Waals surface area contributed by atoms with Gasteiger partial charge in [-0.3, -0.25) is 9.59 Å². The summed E-state index contributed by atoms with van der Waals surface area (Å²) in [5.74, 6) is -1.05. The Morgan fingerprint density at radius 2 is 2.13 bits per heavy atom. The van der Waals surface area contributed by atoms with Crippen LogP contribution in [-0.4, -0.2) is 49.7 Å². The molecule has 1 aliphatic heterocycles. The molecule has 7 nitrogen and oxygen atoms in total. The first kappa shape index (κ1) is 22.8. The molecule has 1 aliphatic rings. The molecule has 1 saturated heterocycles. The molecule has 1 unspecified atom stereocenters. The molecule has 31 heavy (non-hydrogen) atoms. The Labute approximate surface area is 184 Å². The molecule has 0 saturated carbocycles. The molecule has 2 N–H and O–H groups in total. The molecule has 166 valence electrons. The van der Waals surface area contributed by atoms with E-state index in [1.165, 1.54) is 31.4 Å². The van der Waals surface area contributed by atoms with Gasteiger partial charge in [-0.1, -0.05) is 23.7 Å². The van der Waals surface area contributed by atoms with Gasteiger partial charge in [-0.2, -0.15) is 0 Å². The minimum absolute atomic E-state index is 0.0898. The molecule has 0 radical (unpaired) electrons. The first-order valence-electron chi connectivity index (χ1n) is 9.81. The largest absolute Gasteiger partial charge is 0.493 e. The maximum Gasteiger partial charge on any atom is 0.255 e. The fourth-order valence-electron chi connectivity index (χ4n) is 3.42. The van der Waals surface area contributed by atoms with Crippen molar-refractivity contribution in [3.63, 3.8) is 0 Å². The van der Waals surface area contributed by atoms with Crippen LogP contribution < -0.4 is 15.2 Å². The van der Waals surface area contributed by atoms with Crippen molar-refractivity contribution in [1.29, 1.82) is 0 Å². The Morgan fingerprint density at radius 3 is 2.77 bits per heavy atom. The number of carbonyl (C=O) groups excluding carboxylic acids is 2. The van der Waals surface area contributed by atoms with E-state index in [1.54, 1.807) is 17.0 Å². The molecule has 0 aliphatic carbocycles. The molecule has 1 atom stereocenters. The van der Waals surface area contributed by atoms with Gasteiger partial charge in [0.1, 0.15) is 5.82 Å². The number of amides is 2. The van der Waals surface area contributed by atoms with Crippen molar-refractivity contribution in [3.05, 3.63) is 58.4 Å². The van der Waals surface area contributed by atoms with E-state index >= 15 is 0 Å². The molecule has 1 fully saturated rings. The van der Waals surface area contributed by atoms with Crippen LogP contribution in [0, 0.1) is 5.82 Å². The second-order valence-electron chi connectivity index (χ2n) is 7.20. The highest BCUT2D eigenvalue weighted by atomic mass is 35.5. The molecule has 0 spiro atoms. The zero-order chi connectivity index (χ0) is 22.4. The van der Waals surface area contributed by atoms with E-state index in [9.17, 15) is 14.0 Å². The Bertz CT molecular complexity index is 949. The number of hydrogen-bond acceptors (Lipinski definition) is 5. The van der Waals surface area contributed by atoms with Gasteiger partial charge < -0.3 is 24.8 Å². The fourth-order valence-corrected chi connectivity index (χ4v) is 3.68. The van der Waals surface area contributed by atoms with Gasteiger partial charge in [0.05, 0.1) is 18.2 Å². The molecule has 0 bridgehead atoms. The van der Waals surface area contributed by atoms with Crippen molar-refractivity contribution in [1.82, 2.24) is 4.90 Å². The van der Waals surface area contributed by atoms with Crippen molar-refractivity contribution in [2.45, 2.75) is 25.5 Å². The number of rotatable bonds is 9. The number of carbonyl (C=O) groups is 2. The lowest BCUT2D eigenvalue weighted by Crippen LogP contribution is -2.37. The summed E-state index contributed by atoms with van der Waals surface area (Å²) in [6, 6.07) is 9.03. The minimum atomic E-state index is -0.670. The summed E-state index contributed by atoms with van der Waals surface area (Å²) in [5, 5.41) is 0.103. The van der Waals surface area contributed by atoms with Crippen molar-refractivity contribution in [3.8, 4) is 11.5 Å². The van der Waals surface area contributed by atoms with E-state index in [0.29, 0.717) is 18.7 Å². The first-order chi connectivity index (χ1) is 14.9. The monoisotopic (exact) mass is 450 g/mol. The van der Waals surface area contributed by atoms with E-state index < -0.39 is 5.91 Å². The summed E-state index contributed by atoms with van der Waals surface area (Å²) in [5.41, 5.74) is 6.04. The Balaban J connectivity index is 1.88. The number of nitrogens with two attached hydrogens (primary N) is 1. The van der Waals surface area contributed by atoms with Gasteiger partial charge in [0, 0.05) is 25.3 Å². The van der Waals surface area contributed by atoms with Gasteiger partial charge in [0.2, 0.25) is 0 Å². The van der Waals surface area contributed by atoms with Gasteiger partial charge in [0.25, 0.3) is 11.8 Å². The summed E-state index contributed by atoms with van der Waals surface area (Å²) in [6.07, 6.45) is 1.68. The van der Waals surface area contributed by atoms with Crippen molar-refractivity contribution >= 4 is 23.4 Å². The molecule has 0 aromatic heterocycles. The summed E-state index contributed by atoms with van der Waals surface area (Å²) < 4.78 is 30.0. The number of nitrogens with zero attached hydrogens (tertiary/aromatic N) is 1. The average Bonchev–Trinajstić information content (AvgIpc) is 3.24. The van der Waals surface area contributed by atoms with Crippen LogP contribution in [0.15, 0.2) is 36.4 Å². The Morgan fingerprint density at radius 1 is 1.32 bits per heavy atom. The maximum absolute atomic E-state index is 13.7. The summed E-state index contributed by atoms with van der Waals surface area (Å²) in [7, 11) is 1.40. The van der Waals surface area contributed by atoms with Crippen LogP contribution in [0.4, 0.5) is 4.39 Å². The van der Waals surface area contributed by atoms with Crippen LogP contribution in [0.5, 0.6) is 11.5 Å². The lowest BCUT2D eigenvalue weighted by atomic mass is 10.1. The van der Waals surface area contributed by atoms with Crippen molar-refractivity contribution < 1.29 is 28.2 Å². The van der Waals surface area contributed by atoms with E-state index in [4.69, 9.17) is 31.5 Å². The molecule has 1 heterocycles. The molecule has 2 aromatic carbocycles. The lowest BCUT2D eigenvalue weighted by molar-refractivity contribution is -0.119.